The highest BCUT2D eigenvalue weighted by atomic mass is 16.5. The van der Waals surface area contributed by atoms with Crippen LogP contribution in [0, 0.1) is 6.92 Å². The number of hydrazine groups is 1. The Balaban J connectivity index is 2.18. The summed E-state index contributed by atoms with van der Waals surface area (Å²) in [6.07, 6.45) is 2.07. The van der Waals surface area contributed by atoms with Crippen LogP contribution in [0.4, 0.5) is 5.95 Å². The molecule has 0 aliphatic heterocycles. The van der Waals surface area contributed by atoms with Gasteiger partial charge in [0, 0.05) is 23.5 Å². The fourth-order valence-corrected chi connectivity index (χ4v) is 2.39. The molecule has 2 aromatic rings. The van der Waals surface area contributed by atoms with Crippen LogP contribution in [0.25, 0.3) is 0 Å². The molecule has 8 heteroatoms. The number of ketones is 1. The van der Waals surface area contributed by atoms with Crippen LogP contribution >= 0.6 is 0 Å². The minimum absolute atomic E-state index is 0.0706. The third kappa shape index (κ3) is 3.47. The van der Waals surface area contributed by atoms with Gasteiger partial charge in [-0.2, -0.15) is 4.98 Å². The van der Waals surface area contributed by atoms with E-state index in [9.17, 15) is 9.59 Å². The molecule has 23 heavy (non-hydrogen) atoms. The molecule has 2 heterocycles. The highest BCUT2D eigenvalue weighted by molar-refractivity contribution is 6.02. The Labute approximate surface area is 133 Å². The third-order valence-corrected chi connectivity index (χ3v) is 3.35. The number of Topliss-reactive ketones (excluding diaryl/α,β-unsaturated/α-hetero) is 1. The van der Waals surface area contributed by atoms with E-state index in [2.05, 4.69) is 25.8 Å². The fourth-order valence-electron chi connectivity index (χ4n) is 2.39. The van der Waals surface area contributed by atoms with Crippen molar-refractivity contribution in [2.75, 3.05) is 12.5 Å². The van der Waals surface area contributed by atoms with Gasteiger partial charge in [-0.15, -0.1) is 0 Å². The van der Waals surface area contributed by atoms with Gasteiger partial charge in [-0.25, -0.2) is 4.98 Å². The molecule has 0 aromatic carbocycles. The number of amides is 1. The summed E-state index contributed by atoms with van der Waals surface area (Å²) >= 11 is 0. The lowest BCUT2D eigenvalue weighted by molar-refractivity contribution is 0.0956. The monoisotopic (exact) mass is 317 g/mol. The van der Waals surface area contributed by atoms with E-state index in [0.29, 0.717) is 34.8 Å². The van der Waals surface area contributed by atoms with Crippen LogP contribution in [-0.4, -0.2) is 33.8 Å². The van der Waals surface area contributed by atoms with E-state index in [1.165, 1.54) is 20.2 Å². The highest BCUT2D eigenvalue weighted by Crippen LogP contribution is 2.20. The Morgan fingerprint density at radius 3 is 2.74 bits per heavy atom. The molecule has 0 aliphatic carbocycles. The second-order valence-electron chi connectivity index (χ2n) is 4.89. The van der Waals surface area contributed by atoms with E-state index in [1.807, 2.05) is 6.92 Å². The quantitative estimate of drug-likeness (QED) is 0.552. The van der Waals surface area contributed by atoms with Crippen molar-refractivity contribution in [1.82, 2.24) is 20.4 Å². The number of H-pyrrole nitrogens is 1. The number of hydrogen-bond acceptors (Lipinski definition) is 6. The third-order valence-electron chi connectivity index (χ3n) is 3.35. The first kappa shape index (κ1) is 16.5. The van der Waals surface area contributed by atoms with Crippen molar-refractivity contribution in [3.63, 3.8) is 0 Å². The summed E-state index contributed by atoms with van der Waals surface area (Å²) in [6, 6.07) is 1.59. The maximum atomic E-state index is 12.3. The van der Waals surface area contributed by atoms with Crippen LogP contribution in [0.5, 0.6) is 5.88 Å². The SMILES string of the molecule is CCc1c(C(=O)NNc2nccc(OC)n2)[nH]c(C)c1C(C)=O. The predicted molar refractivity (Wildman–Crippen MR) is 84.6 cm³/mol. The summed E-state index contributed by atoms with van der Waals surface area (Å²) in [5.41, 5.74) is 7.42. The number of aryl methyl sites for hydroxylation is 1. The number of carbonyl (C=O) groups is 2. The van der Waals surface area contributed by atoms with E-state index >= 15 is 0 Å². The minimum atomic E-state index is -0.399. The molecule has 122 valence electrons. The number of carbonyl (C=O) groups excluding carboxylic acids is 2. The summed E-state index contributed by atoms with van der Waals surface area (Å²) in [6.45, 7) is 5.15. The molecular weight excluding hydrogens is 298 g/mol. The average molecular weight is 317 g/mol. The number of aromatic amines is 1. The summed E-state index contributed by atoms with van der Waals surface area (Å²) < 4.78 is 4.98. The largest absolute Gasteiger partial charge is 0.481 e. The molecule has 0 atom stereocenters. The zero-order chi connectivity index (χ0) is 17.0. The first-order valence-electron chi connectivity index (χ1n) is 7.13. The molecule has 0 fully saturated rings. The van der Waals surface area contributed by atoms with Gasteiger partial charge in [0.25, 0.3) is 5.91 Å². The molecule has 8 nitrogen and oxygen atoms in total. The molecule has 0 spiro atoms. The standard InChI is InChI=1S/C15H19N5O3/c1-5-10-12(9(3)21)8(2)17-13(10)14(22)19-20-15-16-7-6-11(18-15)23-4/h6-7,17H,5H2,1-4H3,(H,19,22)(H,16,18,20). The van der Waals surface area contributed by atoms with Crippen molar-refractivity contribution in [3.8, 4) is 5.88 Å². The van der Waals surface area contributed by atoms with Gasteiger partial charge in [0.2, 0.25) is 11.8 Å². The van der Waals surface area contributed by atoms with Gasteiger partial charge in [-0.3, -0.25) is 20.4 Å². The predicted octanol–water partition coefficient (Wildman–Crippen LogP) is 1.64. The van der Waals surface area contributed by atoms with Crippen LogP contribution < -0.4 is 15.6 Å². The number of nitrogens with one attached hydrogen (secondary N) is 3. The van der Waals surface area contributed by atoms with Gasteiger partial charge in [0.05, 0.1) is 7.11 Å². The van der Waals surface area contributed by atoms with Gasteiger partial charge in [-0.1, -0.05) is 6.92 Å². The van der Waals surface area contributed by atoms with Crippen molar-refractivity contribution < 1.29 is 14.3 Å². The fraction of sp³-hybridized carbons (Fsp3) is 0.333. The zero-order valence-electron chi connectivity index (χ0n) is 13.5. The van der Waals surface area contributed by atoms with Crippen molar-refractivity contribution in [2.45, 2.75) is 27.2 Å². The summed E-state index contributed by atoms with van der Waals surface area (Å²) in [7, 11) is 1.49. The Morgan fingerprint density at radius 1 is 1.39 bits per heavy atom. The molecular formula is C15H19N5O3. The molecule has 0 saturated heterocycles. The van der Waals surface area contributed by atoms with Crippen LogP contribution in [0.3, 0.4) is 0 Å². The van der Waals surface area contributed by atoms with Gasteiger partial charge in [0.15, 0.2) is 5.78 Å². The smallest absolute Gasteiger partial charge is 0.286 e. The molecule has 0 unspecified atom stereocenters. The maximum absolute atomic E-state index is 12.3. The Kier molecular flexibility index (Phi) is 4.95. The number of rotatable bonds is 6. The maximum Gasteiger partial charge on any atom is 0.286 e. The molecule has 2 aromatic heterocycles. The molecule has 1 amide bonds. The zero-order valence-corrected chi connectivity index (χ0v) is 13.5. The van der Waals surface area contributed by atoms with E-state index in [0.717, 1.165) is 0 Å². The lowest BCUT2D eigenvalue weighted by Gasteiger charge is -2.08. The molecule has 0 bridgehead atoms. The molecule has 0 saturated carbocycles. The van der Waals surface area contributed by atoms with E-state index in [4.69, 9.17) is 4.74 Å². The molecule has 2 rings (SSSR count). The Hall–Kier alpha value is -2.90. The van der Waals surface area contributed by atoms with Crippen LogP contribution in [0.15, 0.2) is 12.3 Å². The molecule has 0 radical (unpaired) electrons. The van der Waals surface area contributed by atoms with Crippen LogP contribution in [0.1, 0.15) is 46.0 Å². The first-order valence-corrected chi connectivity index (χ1v) is 7.13. The second-order valence-corrected chi connectivity index (χ2v) is 4.89. The highest BCUT2D eigenvalue weighted by Gasteiger charge is 2.21. The summed E-state index contributed by atoms with van der Waals surface area (Å²) in [4.78, 5) is 35.0. The summed E-state index contributed by atoms with van der Waals surface area (Å²) in [5, 5.41) is 0. The van der Waals surface area contributed by atoms with E-state index < -0.39 is 5.91 Å². The van der Waals surface area contributed by atoms with Crippen molar-refractivity contribution in [2.24, 2.45) is 0 Å². The minimum Gasteiger partial charge on any atom is -0.481 e. The number of ether oxygens (including phenoxy) is 1. The molecule has 3 N–H and O–H groups in total. The average Bonchev–Trinajstić information content (AvgIpc) is 2.89. The first-order chi connectivity index (χ1) is 11.0. The topological polar surface area (TPSA) is 109 Å². The van der Waals surface area contributed by atoms with Gasteiger partial charge >= 0.3 is 0 Å². The van der Waals surface area contributed by atoms with E-state index in [1.54, 1.807) is 13.0 Å². The Bertz CT molecular complexity index is 739. The van der Waals surface area contributed by atoms with Gasteiger partial charge in [0.1, 0.15) is 5.69 Å². The lowest BCUT2D eigenvalue weighted by atomic mass is 10.0. The number of methoxy groups -OCH3 is 1. The number of hydrogen-bond donors (Lipinski definition) is 3. The normalized spacial score (nSPS) is 10.3. The Morgan fingerprint density at radius 2 is 2.13 bits per heavy atom. The van der Waals surface area contributed by atoms with Crippen molar-refractivity contribution in [3.05, 3.63) is 34.8 Å². The number of nitrogens with zero attached hydrogens (tertiary/aromatic N) is 2. The van der Waals surface area contributed by atoms with Gasteiger partial charge < -0.3 is 9.72 Å². The van der Waals surface area contributed by atoms with Crippen molar-refractivity contribution >= 4 is 17.6 Å². The molecule has 0 aliphatic rings. The van der Waals surface area contributed by atoms with Crippen LogP contribution in [0.2, 0.25) is 0 Å². The van der Waals surface area contributed by atoms with Gasteiger partial charge in [-0.05, 0) is 25.8 Å². The summed E-state index contributed by atoms with van der Waals surface area (Å²) in [5.74, 6) is 0.106. The lowest BCUT2D eigenvalue weighted by Crippen LogP contribution is -2.31. The number of anilines is 1. The van der Waals surface area contributed by atoms with Crippen molar-refractivity contribution in [1.29, 1.82) is 0 Å². The van der Waals surface area contributed by atoms with E-state index in [-0.39, 0.29) is 11.7 Å². The number of aromatic nitrogens is 3. The van der Waals surface area contributed by atoms with Crippen LogP contribution in [-0.2, 0) is 6.42 Å². The second kappa shape index (κ2) is 6.91.